The lowest BCUT2D eigenvalue weighted by atomic mass is 9.95. The van der Waals surface area contributed by atoms with Gasteiger partial charge in [-0.3, -0.25) is 9.59 Å². The number of nitrogens with two attached hydrogens (primary N) is 1. The van der Waals surface area contributed by atoms with Crippen LogP contribution in [-0.4, -0.2) is 23.3 Å². The lowest BCUT2D eigenvalue weighted by molar-refractivity contribution is -0.118. The average molecular weight is 343 g/mol. The van der Waals surface area contributed by atoms with E-state index in [9.17, 15) is 9.59 Å². The van der Waals surface area contributed by atoms with Crippen LogP contribution in [0.1, 0.15) is 52.8 Å². The van der Waals surface area contributed by atoms with Crippen LogP contribution in [0.15, 0.2) is 23.6 Å². The molecule has 3 rings (SSSR count). The van der Waals surface area contributed by atoms with Crippen molar-refractivity contribution in [3.05, 3.63) is 45.4 Å². The number of primary amides is 1. The van der Waals surface area contributed by atoms with Crippen LogP contribution in [0.2, 0.25) is 0 Å². The third-order valence-corrected chi connectivity index (χ3v) is 5.41. The largest absolute Gasteiger partial charge is 0.366 e. The number of thiazole rings is 1. The average Bonchev–Trinajstić information content (AvgIpc) is 3.02. The predicted molar refractivity (Wildman–Crippen MR) is 95.5 cm³/mol. The second kappa shape index (κ2) is 6.73. The molecular weight excluding hydrogens is 322 g/mol. The summed E-state index contributed by atoms with van der Waals surface area (Å²) < 4.78 is 0. The highest BCUT2D eigenvalue weighted by Crippen LogP contribution is 2.30. The number of nitrogens with zero attached hydrogens (tertiary/aromatic N) is 2. The minimum atomic E-state index is -0.442. The summed E-state index contributed by atoms with van der Waals surface area (Å²) in [6, 6.07) is 5.40. The Morgan fingerprint density at radius 1 is 1.38 bits per heavy atom. The van der Waals surface area contributed by atoms with Gasteiger partial charge in [0.1, 0.15) is 0 Å². The molecule has 2 N–H and O–H groups in total. The van der Waals surface area contributed by atoms with Crippen molar-refractivity contribution in [2.24, 2.45) is 5.73 Å². The molecule has 0 radical (unpaired) electrons. The topological polar surface area (TPSA) is 76.3 Å². The Morgan fingerprint density at radius 2 is 2.17 bits per heavy atom. The van der Waals surface area contributed by atoms with E-state index in [4.69, 9.17) is 5.73 Å². The summed E-state index contributed by atoms with van der Waals surface area (Å²) in [5.74, 6) is -0.0620. The molecule has 2 aromatic rings. The van der Waals surface area contributed by atoms with Crippen molar-refractivity contribution in [3.8, 4) is 0 Å². The summed E-state index contributed by atoms with van der Waals surface area (Å²) in [6.07, 6.45) is 1.88. The molecule has 0 unspecified atom stereocenters. The molecule has 126 valence electrons. The zero-order chi connectivity index (χ0) is 17.3. The van der Waals surface area contributed by atoms with E-state index < -0.39 is 5.91 Å². The Morgan fingerprint density at radius 3 is 2.83 bits per heavy atom. The standard InChI is InChI=1S/C18H21N3O2S/c1-11(2)18-20-12(10-24-18)9-16(22)21-8-4-6-13-14(17(19)23)5-3-7-15(13)21/h3,5,7,10-11H,4,6,8-9H2,1-2H3,(H2,19,23). The number of fused-ring (bicyclic) bond motifs is 1. The Balaban J connectivity index is 1.84. The van der Waals surface area contributed by atoms with Crippen molar-refractivity contribution in [2.75, 3.05) is 11.4 Å². The van der Waals surface area contributed by atoms with E-state index in [0.717, 1.165) is 34.8 Å². The summed E-state index contributed by atoms with van der Waals surface area (Å²) in [4.78, 5) is 30.7. The van der Waals surface area contributed by atoms with Gasteiger partial charge in [-0.05, 0) is 30.5 Å². The Labute approximate surface area is 145 Å². The maximum absolute atomic E-state index is 12.8. The SMILES string of the molecule is CC(C)c1nc(CC(=O)N2CCCc3c(C(N)=O)cccc32)cs1. The summed E-state index contributed by atoms with van der Waals surface area (Å²) in [5, 5.41) is 3.01. The Hall–Kier alpha value is -2.21. The molecule has 0 fully saturated rings. The molecule has 0 spiro atoms. The van der Waals surface area contributed by atoms with Gasteiger partial charge in [-0.15, -0.1) is 11.3 Å². The maximum Gasteiger partial charge on any atom is 0.249 e. The highest BCUT2D eigenvalue weighted by molar-refractivity contribution is 7.09. The molecule has 1 aromatic carbocycles. The van der Waals surface area contributed by atoms with Crippen molar-refractivity contribution < 1.29 is 9.59 Å². The molecule has 1 aliphatic heterocycles. The molecule has 0 aliphatic carbocycles. The summed E-state index contributed by atoms with van der Waals surface area (Å²) in [5.41, 5.74) is 8.48. The van der Waals surface area contributed by atoms with E-state index >= 15 is 0 Å². The molecular formula is C18H21N3O2S. The molecule has 0 saturated heterocycles. The van der Waals surface area contributed by atoms with Crippen molar-refractivity contribution in [3.63, 3.8) is 0 Å². The lowest BCUT2D eigenvalue weighted by Gasteiger charge is -2.30. The number of rotatable bonds is 4. The fourth-order valence-electron chi connectivity index (χ4n) is 3.03. The minimum Gasteiger partial charge on any atom is -0.366 e. The van der Waals surface area contributed by atoms with Crippen LogP contribution in [0.25, 0.3) is 0 Å². The monoisotopic (exact) mass is 343 g/mol. The number of aromatic nitrogens is 1. The van der Waals surface area contributed by atoms with Gasteiger partial charge in [0, 0.05) is 29.1 Å². The van der Waals surface area contributed by atoms with E-state index in [1.54, 1.807) is 28.4 Å². The van der Waals surface area contributed by atoms with Gasteiger partial charge in [0.15, 0.2) is 0 Å². The molecule has 0 atom stereocenters. The first-order chi connectivity index (χ1) is 11.5. The van der Waals surface area contributed by atoms with Crippen LogP contribution in [0.4, 0.5) is 5.69 Å². The minimum absolute atomic E-state index is 0.0122. The van der Waals surface area contributed by atoms with Crippen LogP contribution in [-0.2, 0) is 17.6 Å². The van der Waals surface area contributed by atoms with Crippen molar-refractivity contribution in [1.82, 2.24) is 4.98 Å². The van der Waals surface area contributed by atoms with Gasteiger partial charge in [0.05, 0.1) is 17.1 Å². The van der Waals surface area contributed by atoms with E-state index in [1.165, 1.54) is 0 Å². The molecule has 1 aliphatic rings. The number of benzene rings is 1. The first kappa shape index (κ1) is 16.6. The fraction of sp³-hybridized carbons (Fsp3) is 0.389. The van der Waals surface area contributed by atoms with E-state index in [-0.39, 0.29) is 12.3 Å². The number of hydrogen-bond donors (Lipinski definition) is 1. The van der Waals surface area contributed by atoms with Gasteiger partial charge in [0.2, 0.25) is 11.8 Å². The Kier molecular flexibility index (Phi) is 4.66. The zero-order valence-electron chi connectivity index (χ0n) is 13.9. The normalized spacial score (nSPS) is 13.9. The smallest absolute Gasteiger partial charge is 0.249 e. The number of carbonyl (C=O) groups excluding carboxylic acids is 2. The van der Waals surface area contributed by atoms with Gasteiger partial charge in [-0.25, -0.2) is 4.98 Å². The second-order valence-electron chi connectivity index (χ2n) is 6.32. The fourth-order valence-corrected chi connectivity index (χ4v) is 3.87. The summed E-state index contributed by atoms with van der Waals surface area (Å²) in [7, 11) is 0. The number of carbonyl (C=O) groups is 2. The van der Waals surface area contributed by atoms with Crippen LogP contribution in [0.5, 0.6) is 0 Å². The zero-order valence-corrected chi connectivity index (χ0v) is 14.7. The van der Waals surface area contributed by atoms with Crippen LogP contribution < -0.4 is 10.6 Å². The first-order valence-corrected chi connectivity index (χ1v) is 9.01. The van der Waals surface area contributed by atoms with Gasteiger partial charge in [-0.1, -0.05) is 19.9 Å². The third kappa shape index (κ3) is 3.19. The highest BCUT2D eigenvalue weighted by atomic mass is 32.1. The van der Waals surface area contributed by atoms with Gasteiger partial charge >= 0.3 is 0 Å². The third-order valence-electron chi connectivity index (χ3n) is 4.21. The first-order valence-electron chi connectivity index (χ1n) is 8.13. The molecule has 1 aromatic heterocycles. The van der Waals surface area contributed by atoms with E-state index in [1.807, 2.05) is 11.4 Å². The van der Waals surface area contributed by atoms with Crippen molar-refractivity contribution in [2.45, 2.75) is 39.0 Å². The summed E-state index contributed by atoms with van der Waals surface area (Å²) in [6.45, 7) is 4.85. The predicted octanol–water partition coefficient (Wildman–Crippen LogP) is 2.89. The van der Waals surface area contributed by atoms with Crippen molar-refractivity contribution in [1.29, 1.82) is 0 Å². The Bertz CT molecular complexity index is 782. The quantitative estimate of drug-likeness (QED) is 0.927. The van der Waals surface area contributed by atoms with Crippen LogP contribution >= 0.6 is 11.3 Å². The maximum atomic E-state index is 12.8. The van der Waals surface area contributed by atoms with Crippen LogP contribution in [0, 0.1) is 0 Å². The lowest BCUT2D eigenvalue weighted by Crippen LogP contribution is -2.37. The van der Waals surface area contributed by atoms with Gasteiger partial charge < -0.3 is 10.6 Å². The number of anilines is 1. The molecule has 2 heterocycles. The second-order valence-corrected chi connectivity index (χ2v) is 7.21. The molecule has 0 saturated carbocycles. The molecule has 24 heavy (non-hydrogen) atoms. The van der Waals surface area contributed by atoms with Crippen molar-refractivity contribution >= 4 is 28.8 Å². The molecule has 5 nitrogen and oxygen atoms in total. The molecule has 6 heteroatoms. The van der Waals surface area contributed by atoms with Gasteiger partial charge in [0.25, 0.3) is 0 Å². The number of hydrogen-bond acceptors (Lipinski definition) is 4. The molecule has 0 bridgehead atoms. The van der Waals surface area contributed by atoms with E-state index in [2.05, 4.69) is 18.8 Å². The number of amides is 2. The highest BCUT2D eigenvalue weighted by Gasteiger charge is 2.26. The van der Waals surface area contributed by atoms with Gasteiger partial charge in [-0.2, -0.15) is 0 Å². The molecule has 2 amide bonds. The van der Waals surface area contributed by atoms with E-state index in [0.29, 0.717) is 18.0 Å². The van der Waals surface area contributed by atoms with Crippen LogP contribution in [0.3, 0.4) is 0 Å². The summed E-state index contributed by atoms with van der Waals surface area (Å²) >= 11 is 1.60.